The summed E-state index contributed by atoms with van der Waals surface area (Å²) in [4.78, 5) is 2.26. The Balaban J connectivity index is 2.10. The van der Waals surface area contributed by atoms with Crippen LogP contribution in [0, 0.1) is 0 Å². The number of likely N-dealkylation sites (N-methyl/N-ethyl adjacent to an activating group) is 1. The van der Waals surface area contributed by atoms with Gasteiger partial charge in [0.15, 0.2) is 0 Å². The summed E-state index contributed by atoms with van der Waals surface area (Å²) < 4.78 is 0. The number of nitrogens with two attached hydrogens (primary N) is 1. The minimum atomic E-state index is 0.146. The predicted molar refractivity (Wildman–Crippen MR) is 92.2 cm³/mol. The second kappa shape index (κ2) is 7.48. The van der Waals surface area contributed by atoms with Gasteiger partial charge in [-0.2, -0.15) is 0 Å². The molecule has 0 heterocycles. The molecule has 0 fully saturated rings. The lowest BCUT2D eigenvalue weighted by atomic mass is 10.0. The molecule has 2 nitrogen and oxygen atoms in total. The lowest BCUT2D eigenvalue weighted by Crippen LogP contribution is -2.24. The Morgan fingerprint density at radius 1 is 1.14 bits per heavy atom. The Morgan fingerprint density at radius 3 is 2.52 bits per heavy atom. The summed E-state index contributed by atoms with van der Waals surface area (Å²) in [5.74, 6) is 0. The van der Waals surface area contributed by atoms with Gasteiger partial charge < -0.3 is 10.6 Å². The van der Waals surface area contributed by atoms with Crippen molar-refractivity contribution in [2.75, 3.05) is 18.5 Å². The smallest absolute Gasteiger partial charge is 0.0426 e. The SMILES string of the molecule is CC(N)Cc1ccc(Cl)cc1N(C)CCc1ccccc1. The van der Waals surface area contributed by atoms with Gasteiger partial charge in [0.25, 0.3) is 0 Å². The van der Waals surface area contributed by atoms with Crippen LogP contribution >= 0.6 is 11.6 Å². The second-order valence-corrected chi connectivity index (χ2v) is 6.05. The van der Waals surface area contributed by atoms with Gasteiger partial charge in [-0.3, -0.25) is 0 Å². The van der Waals surface area contributed by atoms with Crippen LogP contribution in [0.2, 0.25) is 5.02 Å². The zero-order chi connectivity index (χ0) is 15.2. The number of benzene rings is 2. The van der Waals surface area contributed by atoms with E-state index in [2.05, 4.69) is 42.3 Å². The Morgan fingerprint density at radius 2 is 1.86 bits per heavy atom. The summed E-state index contributed by atoms with van der Waals surface area (Å²) in [5, 5.41) is 0.769. The highest BCUT2D eigenvalue weighted by molar-refractivity contribution is 6.30. The average Bonchev–Trinajstić information content (AvgIpc) is 2.47. The maximum absolute atomic E-state index is 6.16. The first kappa shape index (κ1) is 15.9. The third kappa shape index (κ3) is 4.76. The van der Waals surface area contributed by atoms with Gasteiger partial charge in [-0.25, -0.2) is 0 Å². The van der Waals surface area contributed by atoms with E-state index in [1.165, 1.54) is 16.8 Å². The zero-order valence-corrected chi connectivity index (χ0v) is 13.5. The lowest BCUT2D eigenvalue weighted by Gasteiger charge is -2.23. The highest BCUT2D eigenvalue weighted by atomic mass is 35.5. The quantitative estimate of drug-likeness (QED) is 0.876. The summed E-state index contributed by atoms with van der Waals surface area (Å²) in [6, 6.07) is 16.7. The van der Waals surface area contributed by atoms with Gasteiger partial charge in [0.2, 0.25) is 0 Å². The molecule has 2 aromatic rings. The van der Waals surface area contributed by atoms with Gasteiger partial charge in [0, 0.05) is 30.3 Å². The molecular weight excluding hydrogens is 280 g/mol. The van der Waals surface area contributed by atoms with Crippen LogP contribution in [-0.4, -0.2) is 19.6 Å². The highest BCUT2D eigenvalue weighted by Crippen LogP contribution is 2.25. The first-order valence-electron chi connectivity index (χ1n) is 7.35. The van der Waals surface area contributed by atoms with Crippen molar-refractivity contribution in [2.45, 2.75) is 25.8 Å². The van der Waals surface area contributed by atoms with Gasteiger partial charge in [0.05, 0.1) is 0 Å². The minimum Gasteiger partial charge on any atom is -0.374 e. The number of halogens is 1. The Hall–Kier alpha value is -1.51. The molecule has 0 bridgehead atoms. The van der Waals surface area contributed by atoms with E-state index in [0.29, 0.717) is 0 Å². The Bertz CT molecular complexity index is 567. The molecule has 2 rings (SSSR count). The molecule has 112 valence electrons. The van der Waals surface area contributed by atoms with Gasteiger partial charge in [-0.05, 0) is 43.0 Å². The van der Waals surface area contributed by atoms with Crippen molar-refractivity contribution in [2.24, 2.45) is 5.73 Å². The second-order valence-electron chi connectivity index (χ2n) is 5.61. The fourth-order valence-corrected chi connectivity index (χ4v) is 2.64. The molecule has 2 N–H and O–H groups in total. The van der Waals surface area contributed by atoms with Gasteiger partial charge in [0.1, 0.15) is 0 Å². The van der Waals surface area contributed by atoms with Crippen molar-refractivity contribution in [3.8, 4) is 0 Å². The van der Waals surface area contributed by atoms with Gasteiger partial charge in [-0.1, -0.05) is 48.0 Å². The monoisotopic (exact) mass is 302 g/mol. The third-order valence-electron chi connectivity index (χ3n) is 3.58. The molecule has 1 atom stereocenters. The maximum atomic E-state index is 6.16. The van der Waals surface area contributed by atoms with Crippen molar-refractivity contribution >= 4 is 17.3 Å². The van der Waals surface area contributed by atoms with Crippen LogP contribution in [0.5, 0.6) is 0 Å². The first-order chi connectivity index (χ1) is 10.1. The number of hydrogen-bond donors (Lipinski definition) is 1. The molecule has 3 heteroatoms. The van der Waals surface area contributed by atoms with Crippen molar-refractivity contribution in [3.05, 3.63) is 64.7 Å². The predicted octanol–water partition coefficient (Wildman–Crippen LogP) is 3.91. The summed E-state index contributed by atoms with van der Waals surface area (Å²) >= 11 is 6.16. The van der Waals surface area contributed by atoms with Gasteiger partial charge in [-0.15, -0.1) is 0 Å². The summed E-state index contributed by atoms with van der Waals surface area (Å²) in [7, 11) is 2.11. The largest absolute Gasteiger partial charge is 0.374 e. The first-order valence-corrected chi connectivity index (χ1v) is 7.73. The van der Waals surface area contributed by atoms with Crippen LogP contribution in [0.1, 0.15) is 18.1 Å². The number of nitrogens with zero attached hydrogens (tertiary/aromatic N) is 1. The fraction of sp³-hybridized carbons (Fsp3) is 0.333. The fourth-order valence-electron chi connectivity index (χ4n) is 2.47. The molecular formula is C18H23ClN2. The molecule has 0 saturated carbocycles. The maximum Gasteiger partial charge on any atom is 0.0426 e. The van der Waals surface area contributed by atoms with E-state index in [1.54, 1.807) is 0 Å². The van der Waals surface area contributed by atoms with E-state index in [0.717, 1.165) is 24.4 Å². The molecule has 0 aliphatic rings. The van der Waals surface area contributed by atoms with E-state index in [-0.39, 0.29) is 6.04 Å². The average molecular weight is 303 g/mol. The summed E-state index contributed by atoms with van der Waals surface area (Å²) in [5.41, 5.74) is 9.72. The molecule has 0 aliphatic heterocycles. The molecule has 0 radical (unpaired) electrons. The Kier molecular flexibility index (Phi) is 5.66. The van der Waals surface area contributed by atoms with Crippen molar-refractivity contribution < 1.29 is 0 Å². The zero-order valence-electron chi connectivity index (χ0n) is 12.7. The molecule has 0 aromatic heterocycles. The topological polar surface area (TPSA) is 29.3 Å². The molecule has 0 spiro atoms. The van der Waals surface area contributed by atoms with E-state index < -0.39 is 0 Å². The van der Waals surface area contributed by atoms with Crippen LogP contribution in [0.15, 0.2) is 48.5 Å². The molecule has 0 saturated heterocycles. The minimum absolute atomic E-state index is 0.146. The van der Waals surface area contributed by atoms with Crippen molar-refractivity contribution in [1.82, 2.24) is 0 Å². The third-order valence-corrected chi connectivity index (χ3v) is 3.81. The number of anilines is 1. The molecule has 21 heavy (non-hydrogen) atoms. The van der Waals surface area contributed by atoms with Crippen molar-refractivity contribution in [3.63, 3.8) is 0 Å². The summed E-state index contributed by atoms with van der Waals surface area (Å²) in [6.45, 7) is 2.98. The highest BCUT2D eigenvalue weighted by Gasteiger charge is 2.10. The van der Waals surface area contributed by atoms with E-state index >= 15 is 0 Å². The standard InChI is InChI=1S/C18H23ClN2/c1-14(20)12-16-8-9-17(19)13-18(16)21(2)11-10-15-6-4-3-5-7-15/h3-9,13-14H,10-12,20H2,1-2H3. The van der Waals surface area contributed by atoms with Crippen LogP contribution in [0.3, 0.4) is 0 Å². The van der Waals surface area contributed by atoms with Gasteiger partial charge >= 0.3 is 0 Å². The number of rotatable bonds is 6. The lowest BCUT2D eigenvalue weighted by molar-refractivity contribution is 0.733. The van der Waals surface area contributed by atoms with Crippen LogP contribution < -0.4 is 10.6 Å². The molecule has 0 amide bonds. The molecule has 1 unspecified atom stereocenters. The van der Waals surface area contributed by atoms with Crippen LogP contribution in [0.4, 0.5) is 5.69 Å². The summed E-state index contributed by atoms with van der Waals surface area (Å²) in [6.07, 6.45) is 1.88. The van der Waals surface area contributed by atoms with Crippen LogP contribution in [-0.2, 0) is 12.8 Å². The normalized spacial score (nSPS) is 12.2. The van der Waals surface area contributed by atoms with E-state index in [1.807, 2.05) is 25.1 Å². The molecule has 2 aromatic carbocycles. The molecule has 0 aliphatic carbocycles. The van der Waals surface area contributed by atoms with E-state index in [4.69, 9.17) is 17.3 Å². The van der Waals surface area contributed by atoms with Crippen LogP contribution in [0.25, 0.3) is 0 Å². The Labute approximate surface area is 132 Å². The van der Waals surface area contributed by atoms with E-state index in [9.17, 15) is 0 Å². The number of hydrogen-bond acceptors (Lipinski definition) is 2. The van der Waals surface area contributed by atoms with Crippen molar-refractivity contribution in [1.29, 1.82) is 0 Å².